The second-order valence-electron chi connectivity index (χ2n) is 4.26. The summed E-state index contributed by atoms with van der Waals surface area (Å²) < 4.78 is 0. The average molecular weight is 326 g/mol. The van der Waals surface area contributed by atoms with Crippen LogP contribution in [0.1, 0.15) is 15.9 Å². The van der Waals surface area contributed by atoms with Gasteiger partial charge in [0.15, 0.2) is 0 Å². The Balaban J connectivity index is 2.30. The van der Waals surface area contributed by atoms with Crippen LogP contribution in [-0.4, -0.2) is 12.2 Å². The Morgan fingerprint density at radius 1 is 1.15 bits per heavy atom. The van der Waals surface area contributed by atoms with Gasteiger partial charge in [-0.25, -0.2) is 0 Å². The fraction of sp³-hybridized carbons (Fsp3) is 0.133. The number of anilines is 1. The molecule has 0 bridgehead atoms. The van der Waals surface area contributed by atoms with Crippen LogP contribution in [0.25, 0.3) is 0 Å². The Bertz CT molecular complexity index is 658. The van der Waals surface area contributed by atoms with Crippen molar-refractivity contribution in [3.05, 3.63) is 57.6 Å². The molecule has 0 aliphatic rings. The van der Waals surface area contributed by atoms with Gasteiger partial charge in [-0.1, -0.05) is 29.3 Å². The zero-order valence-corrected chi connectivity index (χ0v) is 13.4. The highest BCUT2D eigenvalue weighted by atomic mass is 35.5. The lowest BCUT2D eigenvalue weighted by Crippen LogP contribution is -2.13. The van der Waals surface area contributed by atoms with Crippen molar-refractivity contribution < 1.29 is 4.79 Å². The fourth-order valence-corrected chi connectivity index (χ4v) is 2.54. The van der Waals surface area contributed by atoms with Crippen LogP contribution >= 0.6 is 35.0 Å². The second-order valence-corrected chi connectivity index (χ2v) is 5.98. The Hall–Kier alpha value is -1.16. The molecule has 0 unspecified atom stereocenters. The molecule has 2 nitrogen and oxygen atoms in total. The molecule has 0 aromatic heterocycles. The van der Waals surface area contributed by atoms with Crippen molar-refractivity contribution in [3.63, 3.8) is 0 Å². The van der Waals surface area contributed by atoms with E-state index in [1.165, 1.54) is 0 Å². The molecule has 2 aromatic carbocycles. The third-order valence-corrected chi connectivity index (χ3v) is 4.16. The average Bonchev–Trinajstić information content (AvgIpc) is 2.43. The van der Waals surface area contributed by atoms with Gasteiger partial charge >= 0.3 is 0 Å². The van der Waals surface area contributed by atoms with Gasteiger partial charge in [-0.2, -0.15) is 0 Å². The molecule has 0 atom stereocenters. The summed E-state index contributed by atoms with van der Waals surface area (Å²) in [4.78, 5) is 13.3. The first-order valence-corrected chi connectivity index (χ1v) is 7.90. The summed E-state index contributed by atoms with van der Waals surface area (Å²) in [5, 5.41) is 3.85. The smallest absolute Gasteiger partial charge is 0.257 e. The van der Waals surface area contributed by atoms with Crippen LogP contribution in [0.4, 0.5) is 5.69 Å². The summed E-state index contributed by atoms with van der Waals surface area (Å²) in [7, 11) is 0. The van der Waals surface area contributed by atoms with Crippen LogP contribution in [0, 0.1) is 6.92 Å². The molecular weight excluding hydrogens is 313 g/mol. The summed E-state index contributed by atoms with van der Waals surface area (Å²) in [6, 6.07) is 10.8. The topological polar surface area (TPSA) is 29.1 Å². The number of rotatable bonds is 3. The van der Waals surface area contributed by atoms with Crippen LogP contribution in [0.3, 0.4) is 0 Å². The minimum atomic E-state index is -0.240. The van der Waals surface area contributed by atoms with Gasteiger partial charge < -0.3 is 5.32 Å². The molecule has 0 heterocycles. The normalized spacial score (nSPS) is 10.4. The van der Waals surface area contributed by atoms with Gasteiger partial charge in [-0.15, -0.1) is 11.8 Å². The van der Waals surface area contributed by atoms with Crippen LogP contribution in [0.5, 0.6) is 0 Å². The first-order valence-electron chi connectivity index (χ1n) is 5.92. The molecule has 0 spiro atoms. The second kappa shape index (κ2) is 6.53. The largest absolute Gasteiger partial charge is 0.322 e. The lowest BCUT2D eigenvalue weighted by Gasteiger charge is -2.10. The zero-order chi connectivity index (χ0) is 14.7. The molecule has 2 rings (SSSR count). The molecule has 0 aliphatic carbocycles. The highest BCUT2D eigenvalue weighted by Crippen LogP contribution is 2.25. The number of carbonyl (C=O) groups excluding carboxylic acids is 1. The molecule has 0 aliphatic heterocycles. The van der Waals surface area contributed by atoms with E-state index in [9.17, 15) is 4.79 Å². The monoisotopic (exact) mass is 325 g/mol. The van der Waals surface area contributed by atoms with Gasteiger partial charge in [-0.05, 0) is 49.1 Å². The number of nitrogens with one attached hydrogen (secondary N) is 1. The standard InChI is InChI=1S/C15H13Cl2NOS/c1-9-3-4-10(16)7-14(9)18-15(19)12-8-11(20-2)5-6-13(12)17/h3-8H,1-2H3,(H,18,19). The maximum absolute atomic E-state index is 12.3. The molecule has 0 fully saturated rings. The molecule has 5 heteroatoms. The highest BCUT2D eigenvalue weighted by Gasteiger charge is 2.12. The van der Waals surface area contributed by atoms with E-state index in [1.54, 1.807) is 36.0 Å². The number of amides is 1. The Morgan fingerprint density at radius 2 is 1.90 bits per heavy atom. The van der Waals surface area contributed by atoms with Crippen molar-refractivity contribution in [2.45, 2.75) is 11.8 Å². The van der Waals surface area contributed by atoms with Gasteiger partial charge in [0.1, 0.15) is 0 Å². The third-order valence-electron chi connectivity index (χ3n) is 2.87. The molecule has 20 heavy (non-hydrogen) atoms. The number of thioether (sulfide) groups is 1. The van der Waals surface area contributed by atoms with E-state index in [2.05, 4.69) is 5.32 Å². The number of hydrogen-bond acceptors (Lipinski definition) is 2. The Morgan fingerprint density at radius 3 is 2.60 bits per heavy atom. The first-order chi connectivity index (χ1) is 9.51. The molecule has 0 saturated heterocycles. The van der Waals surface area contributed by atoms with Gasteiger partial charge in [0.25, 0.3) is 5.91 Å². The third kappa shape index (κ3) is 3.48. The number of benzene rings is 2. The van der Waals surface area contributed by atoms with Gasteiger partial charge in [-0.3, -0.25) is 4.79 Å². The van der Waals surface area contributed by atoms with Crippen molar-refractivity contribution in [3.8, 4) is 0 Å². The minimum Gasteiger partial charge on any atom is -0.322 e. The van der Waals surface area contributed by atoms with Gasteiger partial charge in [0.2, 0.25) is 0 Å². The Labute approximate surface area is 132 Å². The van der Waals surface area contributed by atoms with Crippen LogP contribution in [-0.2, 0) is 0 Å². The van der Waals surface area contributed by atoms with Crippen molar-refractivity contribution in [1.29, 1.82) is 0 Å². The summed E-state index contributed by atoms with van der Waals surface area (Å²) in [5.74, 6) is -0.240. The summed E-state index contributed by atoms with van der Waals surface area (Å²) in [5.41, 5.74) is 2.09. The quantitative estimate of drug-likeness (QED) is 0.778. The fourth-order valence-electron chi connectivity index (χ4n) is 1.72. The SMILES string of the molecule is CSc1ccc(Cl)c(C(=O)Nc2cc(Cl)ccc2C)c1. The summed E-state index contributed by atoms with van der Waals surface area (Å²) >= 11 is 13.6. The molecule has 104 valence electrons. The number of hydrogen-bond donors (Lipinski definition) is 1. The molecule has 1 N–H and O–H groups in total. The molecular formula is C15H13Cl2NOS. The maximum Gasteiger partial charge on any atom is 0.257 e. The van der Waals surface area contributed by atoms with E-state index in [1.807, 2.05) is 25.3 Å². The van der Waals surface area contributed by atoms with Crippen molar-refractivity contribution in [2.24, 2.45) is 0 Å². The van der Waals surface area contributed by atoms with Crippen molar-refractivity contribution >= 4 is 46.6 Å². The summed E-state index contributed by atoms with van der Waals surface area (Å²) in [6.45, 7) is 1.91. The predicted octanol–water partition coefficient (Wildman–Crippen LogP) is 5.28. The van der Waals surface area contributed by atoms with Gasteiger partial charge in [0, 0.05) is 15.6 Å². The van der Waals surface area contributed by atoms with E-state index in [-0.39, 0.29) is 5.91 Å². The van der Waals surface area contributed by atoms with Crippen LogP contribution in [0.2, 0.25) is 10.0 Å². The van der Waals surface area contributed by atoms with E-state index in [4.69, 9.17) is 23.2 Å². The van der Waals surface area contributed by atoms with Crippen molar-refractivity contribution in [2.75, 3.05) is 11.6 Å². The Kier molecular flexibility index (Phi) is 4.97. The molecule has 0 saturated carbocycles. The van der Waals surface area contributed by atoms with Gasteiger partial charge in [0.05, 0.1) is 10.6 Å². The van der Waals surface area contributed by atoms with E-state index >= 15 is 0 Å². The van der Waals surface area contributed by atoms with Crippen LogP contribution < -0.4 is 5.32 Å². The predicted molar refractivity (Wildman–Crippen MR) is 87.4 cm³/mol. The molecule has 0 radical (unpaired) electrons. The minimum absolute atomic E-state index is 0.240. The molecule has 2 aromatic rings. The lowest BCUT2D eigenvalue weighted by atomic mass is 10.1. The van der Waals surface area contributed by atoms with Crippen LogP contribution in [0.15, 0.2) is 41.3 Å². The molecule has 1 amide bonds. The van der Waals surface area contributed by atoms with Crippen molar-refractivity contribution in [1.82, 2.24) is 0 Å². The number of carbonyl (C=O) groups is 1. The van der Waals surface area contributed by atoms with E-state index in [0.29, 0.717) is 21.3 Å². The number of halogens is 2. The zero-order valence-electron chi connectivity index (χ0n) is 11.0. The number of aryl methyl sites for hydroxylation is 1. The van der Waals surface area contributed by atoms with E-state index in [0.717, 1.165) is 10.5 Å². The first kappa shape index (κ1) is 15.2. The van der Waals surface area contributed by atoms with E-state index < -0.39 is 0 Å². The maximum atomic E-state index is 12.3. The lowest BCUT2D eigenvalue weighted by molar-refractivity contribution is 0.102. The summed E-state index contributed by atoms with van der Waals surface area (Å²) in [6.07, 6.45) is 1.95. The highest BCUT2D eigenvalue weighted by molar-refractivity contribution is 7.98.